The van der Waals surface area contributed by atoms with Crippen LogP contribution in [0.5, 0.6) is 0 Å². The number of aromatic nitrogens is 2. The van der Waals surface area contributed by atoms with E-state index >= 15 is 0 Å². The number of carbonyl (C=O) groups is 1. The molecular formula is C19H21N3O2. The second-order valence-electron chi connectivity index (χ2n) is 5.95. The van der Waals surface area contributed by atoms with Gasteiger partial charge in [-0.25, -0.2) is 4.79 Å². The van der Waals surface area contributed by atoms with Crippen LogP contribution >= 0.6 is 0 Å². The summed E-state index contributed by atoms with van der Waals surface area (Å²) in [4.78, 5) is 19.3. The molecule has 0 atom stereocenters. The lowest BCUT2D eigenvalue weighted by Gasteiger charge is -2.07. The molecular weight excluding hydrogens is 302 g/mol. The van der Waals surface area contributed by atoms with E-state index in [1.807, 2.05) is 25.1 Å². The van der Waals surface area contributed by atoms with Gasteiger partial charge in [-0.05, 0) is 62.1 Å². The standard InChI is InChI=1S/C19H21N3O2/c1-12-7-8-15(19(23)24)16-14(6-2-3-9-20)18(22-17(12)16)13-5-4-10-21-11-13/h4-5,7-8,10-11,22H,2-3,6,9,20H2,1H3,(H,23,24). The number of carboxylic acid groups (broad SMARTS) is 1. The zero-order chi connectivity index (χ0) is 17.1. The molecule has 24 heavy (non-hydrogen) atoms. The van der Waals surface area contributed by atoms with E-state index in [0.717, 1.165) is 52.5 Å². The summed E-state index contributed by atoms with van der Waals surface area (Å²) >= 11 is 0. The molecule has 0 aliphatic heterocycles. The van der Waals surface area contributed by atoms with Crippen molar-refractivity contribution in [3.63, 3.8) is 0 Å². The number of fused-ring (bicyclic) bond motifs is 1. The van der Waals surface area contributed by atoms with Crippen LogP contribution in [0.1, 0.15) is 34.3 Å². The second kappa shape index (κ2) is 6.84. The van der Waals surface area contributed by atoms with Crippen molar-refractivity contribution >= 4 is 16.9 Å². The van der Waals surface area contributed by atoms with E-state index in [1.165, 1.54) is 0 Å². The Morgan fingerprint density at radius 2 is 2.12 bits per heavy atom. The molecule has 124 valence electrons. The maximum Gasteiger partial charge on any atom is 0.336 e. The lowest BCUT2D eigenvalue weighted by atomic mass is 9.97. The van der Waals surface area contributed by atoms with Gasteiger partial charge in [0.05, 0.1) is 11.3 Å². The first-order chi connectivity index (χ1) is 11.6. The van der Waals surface area contributed by atoms with E-state index in [9.17, 15) is 9.90 Å². The SMILES string of the molecule is Cc1ccc(C(=O)O)c2c(CCCCN)c(-c3cccnc3)[nH]c12. The first-order valence-electron chi connectivity index (χ1n) is 8.11. The molecule has 0 aliphatic rings. The molecule has 0 aliphatic carbocycles. The summed E-state index contributed by atoms with van der Waals surface area (Å²) in [6.07, 6.45) is 6.14. The quantitative estimate of drug-likeness (QED) is 0.605. The zero-order valence-corrected chi connectivity index (χ0v) is 13.7. The first kappa shape index (κ1) is 16.2. The number of hydrogen-bond acceptors (Lipinski definition) is 3. The number of rotatable bonds is 6. The summed E-state index contributed by atoms with van der Waals surface area (Å²) in [7, 11) is 0. The summed E-state index contributed by atoms with van der Waals surface area (Å²) in [6, 6.07) is 7.40. The van der Waals surface area contributed by atoms with Crippen molar-refractivity contribution in [1.29, 1.82) is 0 Å². The summed E-state index contributed by atoms with van der Waals surface area (Å²) in [5.41, 5.74) is 10.8. The van der Waals surface area contributed by atoms with Crippen LogP contribution in [-0.4, -0.2) is 27.6 Å². The van der Waals surface area contributed by atoms with Crippen molar-refractivity contribution in [2.75, 3.05) is 6.54 Å². The highest BCUT2D eigenvalue weighted by molar-refractivity contribution is 6.07. The Labute approximate surface area is 140 Å². The minimum atomic E-state index is -0.906. The predicted octanol–water partition coefficient (Wildman–Crippen LogP) is 3.52. The van der Waals surface area contributed by atoms with E-state index in [4.69, 9.17) is 5.73 Å². The molecule has 0 amide bonds. The molecule has 0 radical (unpaired) electrons. The Hall–Kier alpha value is -2.66. The molecule has 0 spiro atoms. The van der Waals surface area contributed by atoms with Crippen LogP contribution in [0.25, 0.3) is 22.2 Å². The Morgan fingerprint density at radius 1 is 1.29 bits per heavy atom. The molecule has 3 rings (SSSR count). The molecule has 1 aromatic carbocycles. The van der Waals surface area contributed by atoms with Crippen LogP contribution in [-0.2, 0) is 6.42 Å². The first-order valence-corrected chi connectivity index (χ1v) is 8.11. The fourth-order valence-electron chi connectivity index (χ4n) is 3.14. The number of hydrogen-bond donors (Lipinski definition) is 3. The maximum atomic E-state index is 11.7. The maximum absolute atomic E-state index is 11.7. The van der Waals surface area contributed by atoms with E-state index in [0.29, 0.717) is 12.1 Å². The van der Waals surface area contributed by atoms with Crippen molar-refractivity contribution in [2.45, 2.75) is 26.2 Å². The van der Waals surface area contributed by atoms with Gasteiger partial charge in [0.2, 0.25) is 0 Å². The van der Waals surface area contributed by atoms with Gasteiger partial charge in [0, 0.05) is 28.9 Å². The lowest BCUT2D eigenvalue weighted by molar-refractivity contribution is 0.0699. The molecule has 0 saturated heterocycles. The molecule has 0 saturated carbocycles. The third kappa shape index (κ3) is 2.90. The van der Waals surface area contributed by atoms with Gasteiger partial charge in [-0.1, -0.05) is 6.07 Å². The highest BCUT2D eigenvalue weighted by Gasteiger charge is 2.20. The lowest BCUT2D eigenvalue weighted by Crippen LogP contribution is -2.01. The van der Waals surface area contributed by atoms with E-state index in [1.54, 1.807) is 18.5 Å². The molecule has 2 aromatic heterocycles. The molecule has 2 heterocycles. The number of nitrogens with zero attached hydrogens (tertiary/aromatic N) is 1. The van der Waals surface area contributed by atoms with Crippen molar-refractivity contribution in [2.24, 2.45) is 5.73 Å². The average Bonchev–Trinajstić information content (AvgIpc) is 2.96. The molecule has 0 fully saturated rings. The van der Waals surface area contributed by atoms with Crippen molar-refractivity contribution in [3.8, 4) is 11.3 Å². The van der Waals surface area contributed by atoms with Gasteiger partial charge in [0.15, 0.2) is 0 Å². The molecule has 5 nitrogen and oxygen atoms in total. The Bertz CT molecular complexity index is 869. The van der Waals surface area contributed by atoms with Gasteiger partial charge in [0.1, 0.15) is 0 Å². The Balaban J connectivity index is 2.27. The summed E-state index contributed by atoms with van der Waals surface area (Å²) < 4.78 is 0. The molecule has 4 N–H and O–H groups in total. The summed E-state index contributed by atoms with van der Waals surface area (Å²) in [5, 5.41) is 10.4. The monoisotopic (exact) mass is 323 g/mol. The number of H-pyrrole nitrogens is 1. The van der Waals surface area contributed by atoms with Crippen LogP contribution in [0.15, 0.2) is 36.7 Å². The van der Waals surface area contributed by atoms with E-state index < -0.39 is 5.97 Å². The number of aromatic carboxylic acids is 1. The summed E-state index contributed by atoms with van der Waals surface area (Å²) in [5.74, 6) is -0.906. The number of nitrogens with one attached hydrogen (secondary N) is 1. The van der Waals surface area contributed by atoms with Gasteiger partial charge < -0.3 is 15.8 Å². The van der Waals surface area contributed by atoms with Gasteiger partial charge >= 0.3 is 5.97 Å². The van der Waals surface area contributed by atoms with Crippen molar-refractivity contribution in [3.05, 3.63) is 53.3 Å². The number of carboxylic acids is 1. The third-order valence-electron chi connectivity index (χ3n) is 4.33. The third-order valence-corrected chi connectivity index (χ3v) is 4.33. The smallest absolute Gasteiger partial charge is 0.336 e. The predicted molar refractivity (Wildman–Crippen MR) is 95.2 cm³/mol. The number of unbranched alkanes of at least 4 members (excludes halogenated alkanes) is 1. The minimum absolute atomic E-state index is 0.338. The second-order valence-corrected chi connectivity index (χ2v) is 5.95. The fraction of sp³-hybridized carbons (Fsp3) is 0.263. The Kier molecular flexibility index (Phi) is 4.62. The number of aryl methyl sites for hydroxylation is 2. The van der Waals surface area contributed by atoms with Gasteiger partial charge in [-0.3, -0.25) is 4.98 Å². The highest BCUT2D eigenvalue weighted by Crippen LogP contribution is 2.35. The van der Waals surface area contributed by atoms with Crippen LogP contribution in [0, 0.1) is 6.92 Å². The van der Waals surface area contributed by atoms with Crippen molar-refractivity contribution < 1.29 is 9.90 Å². The Morgan fingerprint density at radius 3 is 2.79 bits per heavy atom. The molecule has 0 unspecified atom stereocenters. The number of benzene rings is 1. The van der Waals surface area contributed by atoms with Crippen molar-refractivity contribution in [1.82, 2.24) is 9.97 Å². The average molecular weight is 323 g/mol. The molecule has 5 heteroatoms. The number of aromatic amines is 1. The van der Waals surface area contributed by atoms with E-state index in [-0.39, 0.29) is 0 Å². The van der Waals surface area contributed by atoms with Crippen LogP contribution in [0.4, 0.5) is 0 Å². The largest absolute Gasteiger partial charge is 0.478 e. The minimum Gasteiger partial charge on any atom is -0.478 e. The van der Waals surface area contributed by atoms with Crippen LogP contribution < -0.4 is 5.73 Å². The zero-order valence-electron chi connectivity index (χ0n) is 13.7. The topological polar surface area (TPSA) is 92.0 Å². The number of nitrogens with two attached hydrogens (primary N) is 1. The van der Waals surface area contributed by atoms with Gasteiger partial charge in [-0.15, -0.1) is 0 Å². The highest BCUT2D eigenvalue weighted by atomic mass is 16.4. The van der Waals surface area contributed by atoms with Crippen LogP contribution in [0.3, 0.4) is 0 Å². The number of pyridine rings is 1. The molecule has 0 bridgehead atoms. The van der Waals surface area contributed by atoms with Crippen LogP contribution in [0.2, 0.25) is 0 Å². The van der Waals surface area contributed by atoms with Gasteiger partial charge in [0.25, 0.3) is 0 Å². The fourth-order valence-corrected chi connectivity index (χ4v) is 3.14. The summed E-state index contributed by atoms with van der Waals surface area (Å²) in [6.45, 7) is 2.62. The molecule has 3 aromatic rings. The van der Waals surface area contributed by atoms with E-state index in [2.05, 4.69) is 9.97 Å². The van der Waals surface area contributed by atoms with Gasteiger partial charge in [-0.2, -0.15) is 0 Å². The normalized spacial score (nSPS) is 11.1.